The highest BCUT2D eigenvalue weighted by Gasteiger charge is 2.20. The topological polar surface area (TPSA) is 75.4 Å². The predicted octanol–water partition coefficient (Wildman–Crippen LogP) is 2.82. The van der Waals surface area contributed by atoms with E-state index in [-0.39, 0.29) is 12.2 Å². The van der Waals surface area contributed by atoms with Gasteiger partial charge in [-0.05, 0) is 25.5 Å². The van der Waals surface area contributed by atoms with Crippen LogP contribution >= 0.6 is 11.6 Å². The van der Waals surface area contributed by atoms with Crippen LogP contribution in [0.3, 0.4) is 0 Å². The first-order valence-electron chi connectivity index (χ1n) is 5.26. The smallest absolute Gasteiger partial charge is 0.293 e. The number of nitro benzene ring substituents is 1. The van der Waals surface area contributed by atoms with Crippen molar-refractivity contribution in [2.45, 2.75) is 25.9 Å². The Kier molecular flexibility index (Phi) is 4.31. The van der Waals surface area contributed by atoms with Crippen molar-refractivity contribution in [3.63, 3.8) is 0 Å². The summed E-state index contributed by atoms with van der Waals surface area (Å²) in [6, 6.07) is 4.38. The fourth-order valence-electron chi connectivity index (χ4n) is 1.22. The molecule has 0 aliphatic rings. The number of halogens is 1. The molecule has 1 aromatic rings. The van der Waals surface area contributed by atoms with E-state index in [4.69, 9.17) is 11.6 Å². The summed E-state index contributed by atoms with van der Waals surface area (Å²) in [4.78, 5) is 10.3. The van der Waals surface area contributed by atoms with Crippen LogP contribution in [0.5, 0.6) is 0 Å². The quantitative estimate of drug-likeness (QED) is 0.629. The van der Waals surface area contributed by atoms with Crippen LogP contribution in [-0.2, 0) is 0 Å². The lowest BCUT2D eigenvalue weighted by Crippen LogP contribution is -2.32. The monoisotopic (exact) mass is 258 g/mol. The summed E-state index contributed by atoms with van der Waals surface area (Å²) in [7, 11) is 0. The van der Waals surface area contributed by atoms with Crippen LogP contribution in [0, 0.1) is 10.1 Å². The molecule has 0 aromatic heterocycles. The van der Waals surface area contributed by atoms with Crippen molar-refractivity contribution in [3.8, 4) is 0 Å². The summed E-state index contributed by atoms with van der Waals surface area (Å²) < 4.78 is 0. The number of hydrogen-bond donors (Lipinski definition) is 2. The molecule has 0 saturated heterocycles. The van der Waals surface area contributed by atoms with E-state index in [0.717, 1.165) is 0 Å². The van der Waals surface area contributed by atoms with Crippen LogP contribution in [0.1, 0.15) is 20.3 Å². The zero-order valence-corrected chi connectivity index (χ0v) is 10.5. The molecule has 0 spiro atoms. The van der Waals surface area contributed by atoms with Gasteiger partial charge in [-0.2, -0.15) is 0 Å². The van der Waals surface area contributed by atoms with Gasteiger partial charge in [0.1, 0.15) is 5.69 Å². The molecule has 17 heavy (non-hydrogen) atoms. The average molecular weight is 259 g/mol. The zero-order chi connectivity index (χ0) is 13.1. The molecule has 0 heterocycles. The minimum absolute atomic E-state index is 0.0931. The number of nitro groups is 1. The number of benzene rings is 1. The highest BCUT2D eigenvalue weighted by atomic mass is 35.5. The van der Waals surface area contributed by atoms with Crippen LogP contribution in [0.2, 0.25) is 5.02 Å². The molecule has 0 saturated carbocycles. The molecule has 1 unspecified atom stereocenters. The molecule has 6 heteroatoms. The average Bonchev–Trinajstić information content (AvgIpc) is 2.27. The van der Waals surface area contributed by atoms with Gasteiger partial charge >= 0.3 is 0 Å². The lowest BCUT2D eigenvalue weighted by molar-refractivity contribution is -0.383. The zero-order valence-electron chi connectivity index (χ0n) is 9.74. The number of anilines is 1. The number of nitrogens with one attached hydrogen (secondary N) is 1. The highest BCUT2D eigenvalue weighted by Crippen LogP contribution is 2.28. The van der Waals surface area contributed by atoms with E-state index < -0.39 is 10.5 Å². The summed E-state index contributed by atoms with van der Waals surface area (Å²) in [5.74, 6) is 0. The summed E-state index contributed by atoms with van der Waals surface area (Å²) in [6.07, 6.45) is 0.557. The molecule has 5 nitrogen and oxygen atoms in total. The molecular formula is C11H15ClN2O3. The third-order valence-corrected chi connectivity index (χ3v) is 2.81. The van der Waals surface area contributed by atoms with Gasteiger partial charge in [-0.3, -0.25) is 10.1 Å². The number of hydrogen-bond acceptors (Lipinski definition) is 4. The summed E-state index contributed by atoms with van der Waals surface area (Å²) in [5.41, 5.74) is -0.634. The van der Waals surface area contributed by atoms with Crippen LogP contribution in [0.4, 0.5) is 11.4 Å². The Balaban J connectivity index is 2.88. The van der Waals surface area contributed by atoms with Crippen LogP contribution in [0.15, 0.2) is 18.2 Å². The Morgan fingerprint density at radius 3 is 2.76 bits per heavy atom. The van der Waals surface area contributed by atoms with E-state index in [2.05, 4.69) is 5.32 Å². The van der Waals surface area contributed by atoms with Gasteiger partial charge in [-0.25, -0.2) is 0 Å². The second-order valence-electron chi connectivity index (χ2n) is 4.12. The van der Waals surface area contributed by atoms with Gasteiger partial charge in [-0.15, -0.1) is 0 Å². The molecule has 0 bridgehead atoms. The first-order chi connectivity index (χ1) is 7.85. The first-order valence-corrected chi connectivity index (χ1v) is 5.64. The van der Waals surface area contributed by atoms with E-state index in [1.165, 1.54) is 12.1 Å². The van der Waals surface area contributed by atoms with Crippen molar-refractivity contribution in [2.24, 2.45) is 0 Å². The van der Waals surface area contributed by atoms with Gasteiger partial charge in [0, 0.05) is 17.6 Å². The van der Waals surface area contributed by atoms with E-state index in [0.29, 0.717) is 17.1 Å². The summed E-state index contributed by atoms with van der Waals surface area (Å²) in [6.45, 7) is 3.76. The van der Waals surface area contributed by atoms with Crippen molar-refractivity contribution in [3.05, 3.63) is 33.3 Å². The third kappa shape index (κ3) is 3.87. The molecular weight excluding hydrogens is 244 g/mol. The maximum Gasteiger partial charge on any atom is 0.293 e. The number of rotatable bonds is 5. The normalized spacial score (nSPS) is 14.1. The Hall–Kier alpha value is -1.33. The number of nitrogens with zero attached hydrogens (tertiary/aromatic N) is 1. The van der Waals surface area contributed by atoms with Crippen LogP contribution in [0.25, 0.3) is 0 Å². The van der Waals surface area contributed by atoms with E-state index in [9.17, 15) is 15.2 Å². The second-order valence-corrected chi connectivity index (χ2v) is 4.56. The Morgan fingerprint density at radius 2 is 2.24 bits per heavy atom. The summed E-state index contributed by atoms with van der Waals surface area (Å²) in [5, 5.41) is 23.8. The lowest BCUT2D eigenvalue weighted by atomic mass is 10.0. The predicted molar refractivity (Wildman–Crippen MR) is 67.5 cm³/mol. The minimum atomic E-state index is -0.895. The van der Waals surface area contributed by atoms with Crippen molar-refractivity contribution in [1.29, 1.82) is 0 Å². The summed E-state index contributed by atoms with van der Waals surface area (Å²) >= 11 is 5.70. The first kappa shape index (κ1) is 13.7. The molecule has 0 aliphatic heterocycles. The second kappa shape index (κ2) is 5.33. The van der Waals surface area contributed by atoms with Crippen molar-refractivity contribution >= 4 is 23.0 Å². The molecule has 0 amide bonds. The van der Waals surface area contributed by atoms with Gasteiger partial charge in [0.05, 0.1) is 10.5 Å². The maximum absolute atomic E-state index is 10.8. The van der Waals surface area contributed by atoms with Crippen LogP contribution < -0.4 is 5.32 Å². The van der Waals surface area contributed by atoms with Crippen molar-refractivity contribution in [1.82, 2.24) is 0 Å². The Labute approximate surface area is 105 Å². The lowest BCUT2D eigenvalue weighted by Gasteiger charge is -2.22. The standard InChI is InChI=1S/C11H15ClN2O3/c1-3-11(2,15)7-13-9-5-4-8(12)6-10(9)14(16)17/h4-6,13,15H,3,7H2,1-2H3. The SMILES string of the molecule is CCC(C)(O)CNc1ccc(Cl)cc1[N+](=O)[O-]. The van der Waals surface area contributed by atoms with Gasteiger partial charge in [-0.1, -0.05) is 18.5 Å². The fraction of sp³-hybridized carbons (Fsp3) is 0.455. The van der Waals surface area contributed by atoms with Crippen molar-refractivity contribution in [2.75, 3.05) is 11.9 Å². The molecule has 1 atom stereocenters. The van der Waals surface area contributed by atoms with E-state index in [1.807, 2.05) is 6.92 Å². The Bertz CT molecular complexity index is 421. The molecule has 2 N–H and O–H groups in total. The van der Waals surface area contributed by atoms with Gasteiger partial charge in [0.2, 0.25) is 0 Å². The van der Waals surface area contributed by atoms with E-state index >= 15 is 0 Å². The van der Waals surface area contributed by atoms with Crippen molar-refractivity contribution < 1.29 is 10.0 Å². The third-order valence-electron chi connectivity index (χ3n) is 2.58. The fourth-order valence-corrected chi connectivity index (χ4v) is 1.38. The number of aliphatic hydroxyl groups is 1. The molecule has 1 aromatic carbocycles. The van der Waals surface area contributed by atoms with Gasteiger partial charge in [0.25, 0.3) is 5.69 Å². The van der Waals surface area contributed by atoms with E-state index in [1.54, 1.807) is 13.0 Å². The maximum atomic E-state index is 10.8. The largest absolute Gasteiger partial charge is 0.388 e. The minimum Gasteiger partial charge on any atom is -0.388 e. The molecule has 1 rings (SSSR count). The van der Waals surface area contributed by atoms with Gasteiger partial charge in [0.15, 0.2) is 0 Å². The van der Waals surface area contributed by atoms with Gasteiger partial charge < -0.3 is 10.4 Å². The molecule has 0 fully saturated rings. The molecule has 94 valence electrons. The van der Waals surface area contributed by atoms with Crippen LogP contribution in [-0.4, -0.2) is 22.2 Å². The molecule has 0 aliphatic carbocycles. The molecule has 0 radical (unpaired) electrons. The Morgan fingerprint density at radius 1 is 1.59 bits per heavy atom. The highest BCUT2D eigenvalue weighted by molar-refractivity contribution is 6.30.